The monoisotopic (exact) mass is 556 g/mol. The number of anilines is 2. The Labute approximate surface area is 237 Å². The predicted molar refractivity (Wildman–Crippen MR) is 157 cm³/mol. The molecule has 1 aromatic carbocycles. The fourth-order valence-corrected chi connectivity index (χ4v) is 5.63. The van der Waals surface area contributed by atoms with Gasteiger partial charge in [0.15, 0.2) is 5.43 Å². The molecule has 0 amide bonds. The molecule has 212 valence electrons. The molecule has 10 heteroatoms. The molecule has 0 saturated heterocycles. The van der Waals surface area contributed by atoms with Crippen molar-refractivity contribution < 1.29 is 13.9 Å². The molecule has 0 saturated carbocycles. The Balaban J connectivity index is 1.41. The number of hydrogen-bond donors (Lipinski definition) is 1. The van der Waals surface area contributed by atoms with Crippen LogP contribution < -0.4 is 25.5 Å². The number of methoxy groups -OCH3 is 1. The van der Waals surface area contributed by atoms with E-state index in [1.54, 1.807) is 32.5 Å². The average Bonchev–Trinajstić information content (AvgIpc) is 2.99. The van der Waals surface area contributed by atoms with E-state index < -0.39 is 5.82 Å². The third-order valence-electron chi connectivity index (χ3n) is 7.89. The van der Waals surface area contributed by atoms with Crippen molar-refractivity contribution in [3.8, 4) is 11.6 Å². The van der Waals surface area contributed by atoms with Crippen LogP contribution >= 0.6 is 0 Å². The molecule has 2 aliphatic heterocycles. The van der Waals surface area contributed by atoms with Crippen LogP contribution in [0.4, 0.5) is 15.9 Å². The van der Waals surface area contributed by atoms with Crippen LogP contribution in [0, 0.1) is 12.7 Å². The van der Waals surface area contributed by atoms with E-state index >= 15 is 0 Å². The molecule has 0 bridgehead atoms. The summed E-state index contributed by atoms with van der Waals surface area (Å²) in [7, 11) is 1.59. The SMILES string of the molecule is COc1cc(CN(Cc2cn3c4c(c(C)c(F)cc4c2=O)OCC3C)C2=CCCN(c3ccc(N)nc3)C2)ccn1. The Hall–Kier alpha value is -4.60. The molecule has 4 aromatic rings. The van der Waals surface area contributed by atoms with Gasteiger partial charge < -0.3 is 29.6 Å². The minimum atomic E-state index is -0.439. The van der Waals surface area contributed by atoms with Crippen molar-refractivity contribution >= 4 is 22.4 Å². The number of halogens is 1. The molecule has 1 atom stereocenters. The molecule has 2 N–H and O–H groups in total. The number of hydrogen-bond acceptors (Lipinski definition) is 8. The van der Waals surface area contributed by atoms with Gasteiger partial charge in [0.05, 0.1) is 42.5 Å². The molecule has 1 unspecified atom stereocenters. The van der Waals surface area contributed by atoms with Gasteiger partial charge in [-0.2, -0.15) is 0 Å². The molecule has 3 aromatic heterocycles. The van der Waals surface area contributed by atoms with Gasteiger partial charge in [0.25, 0.3) is 0 Å². The van der Waals surface area contributed by atoms with E-state index in [9.17, 15) is 9.18 Å². The van der Waals surface area contributed by atoms with Crippen LogP contribution in [-0.4, -0.2) is 46.2 Å². The van der Waals surface area contributed by atoms with Gasteiger partial charge in [0.1, 0.15) is 24.0 Å². The van der Waals surface area contributed by atoms with E-state index in [0.29, 0.717) is 65.7 Å². The predicted octanol–water partition coefficient (Wildman–Crippen LogP) is 4.58. The van der Waals surface area contributed by atoms with Crippen LogP contribution in [0.15, 0.2) is 65.5 Å². The number of nitrogens with zero attached hydrogens (tertiary/aromatic N) is 5. The Morgan fingerprint density at radius 1 is 1.22 bits per heavy atom. The van der Waals surface area contributed by atoms with E-state index in [2.05, 4.69) is 30.4 Å². The van der Waals surface area contributed by atoms with Crippen molar-refractivity contribution in [1.82, 2.24) is 19.4 Å². The quantitative estimate of drug-likeness (QED) is 0.353. The summed E-state index contributed by atoms with van der Waals surface area (Å²) >= 11 is 0. The molecule has 0 spiro atoms. The molecule has 41 heavy (non-hydrogen) atoms. The summed E-state index contributed by atoms with van der Waals surface area (Å²) in [6.07, 6.45) is 8.48. The molecule has 5 heterocycles. The molecule has 0 aliphatic carbocycles. The van der Waals surface area contributed by atoms with Crippen molar-refractivity contribution in [2.24, 2.45) is 0 Å². The summed E-state index contributed by atoms with van der Waals surface area (Å²) < 4.78 is 28.2. The van der Waals surface area contributed by atoms with Gasteiger partial charge in [0.2, 0.25) is 5.88 Å². The van der Waals surface area contributed by atoms with E-state index in [1.165, 1.54) is 6.07 Å². The Morgan fingerprint density at radius 3 is 2.85 bits per heavy atom. The zero-order valence-corrected chi connectivity index (χ0v) is 23.4. The van der Waals surface area contributed by atoms with E-state index in [1.807, 2.05) is 31.3 Å². The van der Waals surface area contributed by atoms with E-state index in [-0.39, 0.29) is 11.5 Å². The van der Waals surface area contributed by atoms with Gasteiger partial charge in [-0.05, 0) is 50.1 Å². The highest BCUT2D eigenvalue weighted by atomic mass is 19.1. The highest BCUT2D eigenvalue weighted by Crippen LogP contribution is 2.36. The van der Waals surface area contributed by atoms with Crippen molar-refractivity contribution in [3.05, 3.63) is 93.4 Å². The molecule has 0 radical (unpaired) electrons. The smallest absolute Gasteiger partial charge is 0.213 e. The number of aromatic nitrogens is 3. The molecule has 2 aliphatic rings. The lowest BCUT2D eigenvalue weighted by atomic mass is 10.0. The standard InChI is InChI=1S/C31H33FN6O3/c1-19-18-41-31-20(2)26(32)12-25-29(31)38(19)16-22(30(25)39)15-37(14-21-8-9-34-28(11-21)40-3)24-5-4-10-36(17-24)23-6-7-27(33)35-13-23/h5-9,11-13,16,19H,4,10,14-15,17-18H2,1-3H3,(H2,33,35). The molecule has 6 rings (SSSR count). The van der Waals surface area contributed by atoms with Gasteiger partial charge in [-0.25, -0.2) is 14.4 Å². The maximum absolute atomic E-state index is 14.9. The van der Waals surface area contributed by atoms with Crippen LogP contribution in [0.2, 0.25) is 0 Å². The van der Waals surface area contributed by atoms with Gasteiger partial charge in [-0.15, -0.1) is 0 Å². The molecular formula is C31H33FN6O3. The summed E-state index contributed by atoms with van der Waals surface area (Å²) in [5.74, 6) is 1.01. The number of nitrogen functional groups attached to an aromatic ring is 1. The van der Waals surface area contributed by atoms with E-state index in [0.717, 1.165) is 29.9 Å². The third kappa shape index (κ3) is 5.05. The average molecular weight is 557 g/mol. The minimum Gasteiger partial charge on any atom is -0.489 e. The van der Waals surface area contributed by atoms with Crippen LogP contribution in [0.25, 0.3) is 10.9 Å². The van der Waals surface area contributed by atoms with Crippen LogP contribution in [0.5, 0.6) is 11.6 Å². The molecule has 9 nitrogen and oxygen atoms in total. The zero-order chi connectivity index (χ0) is 28.7. The Kier molecular flexibility index (Phi) is 6.98. The summed E-state index contributed by atoms with van der Waals surface area (Å²) in [5.41, 5.74) is 10.3. The Morgan fingerprint density at radius 2 is 2.07 bits per heavy atom. The first kappa shape index (κ1) is 26.6. The normalized spacial score (nSPS) is 16.3. The van der Waals surface area contributed by atoms with Crippen LogP contribution in [-0.2, 0) is 13.1 Å². The van der Waals surface area contributed by atoms with Gasteiger partial charge in [-0.1, -0.05) is 6.08 Å². The number of nitrogens with two attached hydrogens (primary N) is 1. The third-order valence-corrected chi connectivity index (χ3v) is 7.89. The summed E-state index contributed by atoms with van der Waals surface area (Å²) in [4.78, 5) is 26.9. The first-order chi connectivity index (χ1) is 19.8. The largest absolute Gasteiger partial charge is 0.489 e. The first-order valence-corrected chi connectivity index (χ1v) is 13.7. The first-order valence-electron chi connectivity index (χ1n) is 13.7. The number of pyridine rings is 3. The topological polar surface area (TPSA) is 98.7 Å². The second-order valence-corrected chi connectivity index (χ2v) is 10.7. The molecular weight excluding hydrogens is 523 g/mol. The van der Waals surface area contributed by atoms with Crippen molar-refractivity contribution in [3.63, 3.8) is 0 Å². The highest BCUT2D eigenvalue weighted by molar-refractivity contribution is 5.87. The lowest BCUT2D eigenvalue weighted by Crippen LogP contribution is -2.37. The summed E-state index contributed by atoms with van der Waals surface area (Å²) in [6, 6.07) is 8.97. The minimum absolute atomic E-state index is 0.00507. The summed E-state index contributed by atoms with van der Waals surface area (Å²) in [6.45, 7) is 6.49. The Bertz CT molecular complexity index is 1700. The van der Waals surface area contributed by atoms with Gasteiger partial charge in [-0.3, -0.25) is 4.79 Å². The van der Waals surface area contributed by atoms with Gasteiger partial charge >= 0.3 is 0 Å². The van der Waals surface area contributed by atoms with Crippen molar-refractivity contribution in [2.75, 3.05) is 37.4 Å². The van der Waals surface area contributed by atoms with Crippen molar-refractivity contribution in [2.45, 2.75) is 39.4 Å². The second kappa shape index (κ2) is 10.8. The van der Waals surface area contributed by atoms with E-state index in [4.69, 9.17) is 15.2 Å². The number of benzene rings is 1. The molecule has 0 fully saturated rings. The zero-order valence-electron chi connectivity index (χ0n) is 23.4. The number of rotatable bonds is 7. The fraction of sp³-hybridized carbons (Fsp3) is 0.323. The van der Waals surface area contributed by atoms with Crippen molar-refractivity contribution in [1.29, 1.82) is 0 Å². The fourth-order valence-electron chi connectivity index (χ4n) is 5.63. The highest BCUT2D eigenvalue weighted by Gasteiger charge is 2.27. The maximum Gasteiger partial charge on any atom is 0.213 e. The van der Waals surface area contributed by atoms with Crippen LogP contribution in [0.3, 0.4) is 0 Å². The summed E-state index contributed by atoms with van der Waals surface area (Å²) in [5, 5.41) is 0.338. The van der Waals surface area contributed by atoms with Gasteiger partial charge in [0, 0.05) is 54.9 Å². The van der Waals surface area contributed by atoms with Crippen LogP contribution in [0.1, 0.15) is 36.1 Å². The maximum atomic E-state index is 14.9. The number of ether oxygens (including phenoxy) is 2. The lowest BCUT2D eigenvalue weighted by molar-refractivity contribution is 0.243. The lowest BCUT2D eigenvalue weighted by Gasteiger charge is -2.36. The second-order valence-electron chi connectivity index (χ2n) is 10.7.